The van der Waals surface area contributed by atoms with Gasteiger partial charge in [-0.2, -0.15) is 0 Å². The van der Waals surface area contributed by atoms with E-state index in [9.17, 15) is 10.2 Å². The van der Waals surface area contributed by atoms with Crippen molar-refractivity contribution in [2.45, 2.75) is 73.6 Å². The van der Waals surface area contributed by atoms with E-state index in [0.29, 0.717) is 16.9 Å². The van der Waals surface area contributed by atoms with Gasteiger partial charge in [-0.1, -0.05) is 48.0 Å². The molecule has 0 heterocycles. The lowest BCUT2D eigenvalue weighted by molar-refractivity contribution is 0.354. The molecular formula is C18H32O2. The Morgan fingerprint density at radius 3 is 1.90 bits per heavy atom. The number of hydrogen-bond acceptors (Lipinski definition) is 2. The van der Waals surface area contributed by atoms with Crippen molar-refractivity contribution < 1.29 is 10.2 Å². The van der Waals surface area contributed by atoms with Gasteiger partial charge in [0.2, 0.25) is 0 Å². The maximum atomic E-state index is 9.72. The summed E-state index contributed by atoms with van der Waals surface area (Å²) in [6.07, 6.45) is 3.44. The molecule has 2 heteroatoms. The quantitative estimate of drug-likeness (QED) is 0.737. The Labute approximate surface area is 124 Å². The van der Waals surface area contributed by atoms with Crippen molar-refractivity contribution in [2.75, 3.05) is 0 Å². The maximum absolute atomic E-state index is 9.72. The van der Waals surface area contributed by atoms with E-state index >= 15 is 0 Å². The van der Waals surface area contributed by atoms with Crippen LogP contribution in [-0.4, -0.2) is 10.2 Å². The van der Waals surface area contributed by atoms with Gasteiger partial charge in [-0.15, -0.1) is 0 Å². The summed E-state index contributed by atoms with van der Waals surface area (Å²) < 4.78 is 0. The third kappa shape index (κ3) is 6.31. The van der Waals surface area contributed by atoms with Crippen LogP contribution in [0.2, 0.25) is 0 Å². The number of aromatic hydroxyl groups is 2. The second-order valence-electron chi connectivity index (χ2n) is 6.54. The van der Waals surface area contributed by atoms with Crippen LogP contribution in [0, 0.1) is 12.3 Å². The fraction of sp³-hybridized carbons (Fsp3) is 0.667. The Kier molecular flexibility index (Phi) is 7.70. The van der Waals surface area contributed by atoms with Crippen molar-refractivity contribution in [3.63, 3.8) is 0 Å². The third-order valence-electron chi connectivity index (χ3n) is 3.51. The van der Waals surface area contributed by atoms with Crippen LogP contribution in [0.4, 0.5) is 0 Å². The molecule has 0 amide bonds. The van der Waals surface area contributed by atoms with Gasteiger partial charge in [0.15, 0.2) is 0 Å². The van der Waals surface area contributed by atoms with Gasteiger partial charge >= 0.3 is 0 Å². The first-order valence-corrected chi connectivity index (χ1v) is 7.73. The number of benzene rings is 1. The molecule has 0 spiro atoms. The smallest absolute Gasteiger partial charge is 0.122 e. The van der Waals surface area contributed by atoms with E-state index in [1.165, 1.54) is 12.8 Å². The van der Waals surface area contributed by atoms with Crippen molar-refractivity contribution in [1.29, 1.82) is 0 Å². The largest absolute Gasteiger partial charge is 0.508 e. The summed E-state index contributed by atoms with van der Waals surface area (Å²) in [6.45, 7) is 14.6. The molecule has 1 aromatic carbocycles. The Hall–Kier alpha value is -1.18. The van der Waals surface area contributed by atoms with Crippen molar-refractivity contribution in [2.24, 2.45) is 5.41 Å². The van der Waals surface area contributed by atoms with E-state index in [1.807, 2.05) is 13.8 Å². The summed E-state index contributed by atoms with van der Waals surface area (Å²) in [5, 5.41) is 19.4. The van der Waals surface area contributed by atoms with Crippen LogP contribution in [0.5, 0.6) is 11.5 Å². The standard InChI is InChI=1S/C16H26O2.C2H6/c1-11(7-6-8-16(3,4)5)13-9-14(17)12(2)15(18)10-13;1-2/h9-11,17-18H,6-8H2,1-5H3;1-2H3. The predicted octanol–water partition coefficient (Wildman–Crippen LogP) is 5.75. The van der Waals surface area contributed by atoms with Crippen molar-refractivity contribution in [3.05, 3.63) is 23.3 Å². The van der Waals surface area contributed by atoms with Crippen molar-refractivity contribution >= 4 is 0 Å². The zero-order valence-electron chi connectivity index (χ0n) is 14.2. The zero-order valence-corrected chi connectivity index (χ0v) is 14.2. The van der Waals surface area contributed by atoms with E-state index in [1.54, 1.807) is 19.1 Å². The fourth-order valence-electron chi connectivity index (χ4n) is 2.09. The fourth-order valence-corrected chi connectivity index (χ4v) is 2.09. The highest BCUT2D eigenvalue weighted by atomic mass is 16.3. The topological polar surface area (TPSA) is 40.5 Å². The molecule has 2 N–H and O–H groups in total. The van der Waals surface area contributed by atoms with Gasteiger partial charge in [0.1, 0.15) is 11.5 Å². The Bertz CT molecular complexity index is 379. The molecule has 0 saturated heterocycles. The summed E-state index contributed by atoms with van der Waals surface area (Å²) in [6, 6.07) is 3.55. The van der Waals surface area contributed by atoms with E-state index in [4.69, 9.17) is 0 Å². The molecule has 0 saturated carbocycles. The van der Waals surface area contributed by atoms with E-state index in [2.05, 4.69) is 27.7 Å². The maximum Gasteiger partial charge on any atom is 0.122 e. The average Bonchev–Trinajstić information content (AvgIpc) is 2.36. The number of phenols is 2. The van der Waals surface area contributed by atoms with Crippen LogP contribution in [0.3, 0.4) is 0 Å². The molecule has 0 aromatic heterocycles. The molecule has 1 aromatic rings. The van der Waals surface area contributed by atoms with Crippen LogP contribution in [0.1, 0.15) is 77.8 Å². The Balaban J connectivity index is 0.00000172. The zero-order chi connectivity index (χ0) is 15.9. The molecular weight excluding hydrogens is 248 g/mol. The lowest BCUT2D eigenvalue weighted by Crippen LogP contribution is -2.05. The molecule has 0 aliphatic rings. The molecule has 0 bridgehead atoms. The normalized spacial score (nSPS) is 12.6. The van der Waals surface area contributed by atoms with Gasteiger partial charge in [-0.05, 0) is 48.8 Å². The SMILES string of the molecule is CC.Cc1c(O)cc(C(C)CCCC(C)(C)C)cc1O. The lowest BCUT2D eigenvalue weighted by Gasteiger charge is -2.20. The molecule has 1 unspecified atom stereocenters. The summed E-state index contributed by atoms with van der Waals surface area (Å²) in [7, 11) is 0. The summed E-state index contributed by atoms with van der Waals surface area (Å²) in [4.78, 5) is 0. The molecule has 116 valence electrons. The molecule has 20 heavy (non-hydrogen) atoms. The van der Waals surface area contributed by atoms with Gasteiger partial charge < -0.3 is 10.2 Å². The Morgan fingerprint density at radius 1 is 1.05 bits per heavy atom. The van der Waals surface area contributed by atoms with Gasteiger partial charge in [-0.25, -0.2) is 0 Å². The summed E-state index contributed by atoms with van der Waals surface area (Å²) >= 11 is 0. The minimum absolute atomic E-state index is 0.188. The first-order chi connectivity index (χ1) is 9.20. The van der Waals surface area contributed by atoms with E-state index in [-0.39, 0.29) is 11.5 Å². The molecule has 0 aliphatic carbocycles. The molecule has 0 fully saturated rings. The molecule has 1 rings (SSSR count). The number of phenolic OH excluding ortho intramolecular Hbond substituents is 2. The van der Waals surface area contributed by atoms with Crippen molar-refractivity contribution in [3.8, 4) is 11.5 Å². The minimum atomic E-state index is 0.188. The van der Waals surface area contributed by atoms with Crippen LogP contribution >= 0.6 is 0 Å². The van der Waals surface area contributed by atoms with E-state index in [0.717, 1.165) is 12.0 Å². The van der Waals surface area contributed by atoms with Gasteiger partial charge in [0.05, 0.1) is 0 Å². The average molecular weight is 280 g/mol. The molecule has 0 radical (unpaired) electrons. The summed E-state index contributed by atoms with van der Waals surface area (Å²) in [5.41, 5.74) is 1.95. The van der Waals surface area contributed by atoms with Crippen molar-refractivity contribution in [1.82, 2.24) is 0 Å². The van der Waals surface area contributed by atoms with E-state index < -0.39 is 0 Å². The van der Waals surface area contributed by atoms with Gasteiger partial charge in [0, 0.05) is 5.56 Å². The monoisotopic (exact) mass is 280 g/mol. The first kappa shape index (κ1) is 18.8. The number of rotatable bonds is 4. The van der Waals surface area contributed by atoms with Crippen LogP contribution in [0.15, 0.2) is 12.1 Å². The number of hydrogen-bond donors (Lipinski definition) is 2. The van der Waals surface area contributed by atoms with Crippen LogP contribution in [0.25, 0.3) is 0 Å². The second kappa shape index (κ2) is 8.18. The van der Waals surface area contributed by atoms with Gasteiger partial charge in [0.25, 0.3) is 0 Å². The van der Waals surface area contributed by atoms with Crippen LogP contribution in [-0.2, 0) is 0 Å². The highest BCUT2D eigenvalue weighted by Gasteiger charge is 2.14. The minimum Gasteiger partial charge on any atom is -0.508 e. The molecule has 0 aliphatic heterocycles. The highest BCUT2D eigenvalue weighted by Crippen LogP contribution is 2.33. The lowest BCUT2D eigenvalue weighted by atomic mass is 9.86. The highest BCUT2D eigenvalue weighted by molar-refractivity contribution is 5.46. The molecule has 1 atom stereocenters. The van der Waals surface area contributed by atoms with Gasteiger partial charge in [-0.3, -0.25) is 0 Å². The summed E-state index contributed by atoms with van der Waals surface area (Å²) in [5.74, 6) is 0.741. The third-order valence-corrected chi connectivity index (χ3v) is 3.51. The molecule has 2 nitrogen and oxygen atoms in total. The first-order valence-electron chi connectivity index (χ1n) is 7.73. The second-order valence-corrected chi connectivity index (χ2v) is 6.54. The van der Waals surface area contributed by atoms with Crippen LogP contribution < -0.4 is 0 Å². The Morgan fingerprint density at radius 2 is 1.50 bits per heavy atom. The predicted molar refractivity (Wildman–Crippen MR) is 87.6 cm³/mol.